The van der Waals surface area contributed by atoms with Gasteiger partial charge in [-0.15, -0.1) is 0 Å². The Kier molecular flexibility index (Phi) is 5.65. The molecule has 0 radical (unpaired) electrons. The Morgan fingerprint density at radius 1 is 1.22 bits per heavy atom. The molecule has 0 fully saturated rings. The van der Waals surface area contributed by atoms with Gasteiger partial charge in [0.25, 0.3) is 5.91 Å². The summed E-state index contributed by atoms with van der Waals surface area (Å²) in [4.78, 5) is 11.7. The number of carbonyl (C=O) groups excluding carboxylic acids is 1. The van der Waals surface area contributed by atoms with Crippen molar-refractivity contribution in [3.05, 3.63) is 65.2 Å². The van der Waals surface area contributed by atoms with Crippen molar-refractivity contribution in [1.29, 1.82) is 0 Å². The number of aliphatic hydroxyl groups is 1. The summed E-state index contributed by atoms with van der Waals surface area (Å²) in [5.41, 5.74) is 1.00. The van der Waals surface area contributed by atoms with E-state index in [1.807, 2.05) is 0 Å². The molecule has 122 valence electrons. The number of nitrogens with one attached hydrogen (secondary N) is 1. The van der Waals surface area contributed by atoms with Crippen LogP contribution in [0.25, 0.3) is 0 Å². The van der Waals surface area contributed by atoms with Crippen molar-refractivity contribution in [2.45, 2.75) is 19.6 Å². The molecular formula is C17H17F2NO3. The predicted octanol–water partition coefficient (Wildman–Crippen LogP) is 2.71. The molecule has 0 bridgehead atoms. The molecule has 0 aliphatic heterocycles. The monoisotopic (exact) mass is 321 g/mol. The zero-order chi connectivity index (χ0) is 16.8. The third kappa shape index (κ3) is 5.34. The molecule has 1 amide bonds. The largest absolute Gasteiger partial charge is 0.484 e. The van der Waals surface area contributed by atoms with E-state index in [9.17, 15) is 18.7 Å². The molecule has 2 rings (SSSR count). The number of hydrogen-bond donors (Lipinski definition) is 2. The summed E-state index contributed by atoms with van der Waals surface area (Å²) in [5, 5.41) is 12.0. The first kappa shape index (κ1) is 16.9. The van der Waals surface area contributed by atoms with Gasteiger partial charge in [-0.2, -0.15) is 0 Å². The lowest BCUT2D eigenvalue weighted by Gasteiger charge is -2.10. The smallest absolute Gasteiger partial charge is 0.258 e. The van der Waals surface area contributed by atoms with Crippen LogP contribution in [0, 0.1) is 11.6 Å². The van der Waals surface area contributed by atoms with Crippen LogP contribution in [0.3, 0.4) is 0 Å². The van der Waals surface area contributed by atoms with Crippen LogP contribution in [0.1, 0.15) is 24.2 Å². The highest BCUT2D eigenvalue weighted by atomic mass is 19.1. The van der Waals surface area contributed by atoms with Crippen LogP contribution in [0.15, 0.2) is 42.5 Å². The topological polar surface area (TPSA) is 58.6 Å². The Hall–Kier alpha value is -2.47. The number of rotatable bonds is 6. The van der Waals surface area contributed by atoms with E-state index >= 15 is 0 Å². The maximum absolute atomic E-state index is 13.0. The van der Waals surface area contributed by atoms with E-state index in [0.29, 0.717) is 16.9 Å². The van der Waals surface area contributed by atoms with Crippen molar-refractivity contribution in [2.24, 2.45) is 0 Å². The maximum Gasteiger partial charge on any atom is 0.258 e. The minimum absolute atomic E-state index is 0.00455. The number of benzene rings is 2. The van der Waals surface area contributed by atoms with E-state index in [2.05, 4.69) is 5.32 Å². The van der Waals surface area contributed by atoms with Crippen molar-refractivity contribution >= 4 is 5.91 Å². The van der Waals surface area contributed by atoms with Gasteiger partial charge in [0.2, 0.25) is 0 Å². The van der Waals surface area contributed by atoms with Gasteiger partial charge in [0.15, 0.2) is 6.61 Å². The van der Waals surface area contributed by atoms with Gasteiger partial charge < -0.3 is 15.2 Å². The van der Waals surface area contributed by atoms with Crippen molar-refractivity contribution in [3.8, 4) is 5.75 Å². The van der Waals surface area contributed by atoms with Crippen molar-refractivity contribution < 1.29 is 23.4 Å². The first-order chi connectivity index (χ1) is 10.9. The van der Waals surface area contributed by atoms with Gasteiger partial charge in [0.05, 0.1) is 6.10 Å². The van der Waals surface area contributed by atoms with Gasteiger partial charge in [-0.25, -0.2) is 8.78 Å². The second kappa shape index (κ2) is 7.69. The molecule has 4 nitrogen and oxygen atoms in total. The molecule has 1 atom stereocenters. The summed E-state index contributed by atoms with van der Waals surface area (Å²) in [7, 11) is 0. The second-order valence-electron chi connectivity index (χ2n) is 5.09. The van der Waals surface area contributed by atoms with E-state index in [-0.39, 0.29) is 13.2 Å². The summed E-state index contributed by atoms with van der Waals surface area (Å²) in [6, 6.07) is 9.83. The van der Waals surface area contributed by atoms with Crippen molar-refractivity contribution in [1.82, 2.24) is 5.32 Å². The summed E-state index contributed by atoms with van der Waals surface area (Å²) in [6.07, 6.45) is -0.629. The van der Waals surface area contributed by atoms with Crippen LogP contribution in [0.2, 0.25) is 0 Å². The summed E-state index contributed by atoms with van der Waals surface area (Å²) < 4.78 is 31.4. The van der Waals surface area contributed by atoms with E-state index < -0.39 is 23.6 Å². The quantitative estimate of drug-likeness (QED) is 0.860. The molecule has 23 heavy (non-hydrogen) atoms. The Morgan fingerprint density at radius 3 is 2.57 bits per heavy atom. The number of amides is 1. The van der Waals surface area contributed by atoms with Crippen molar-refractivity contribution in [2.75, 3.05) is 6.61 Å². The van der Waals surface area contributed by atoms with E-state index in [4.69, 9.17) is 4.74 Å². The van der Waals surface area contributed by atoms with Gasteiger partial charge in [0.1, 0.15) is 17.4 Å². The molecule has 0 aliphatic carbocycles. The number of hydrogen-bond acceptors (Lipinski definition) is 3. The van der Waals surface area contributed by atoms with Gasteiger partial charge in [-0.1, -0.05) is 12.1 Å². The highest BCUT2D eigenvalue weighted by molar-refractivity contribution is 5.77. The standard InChI is InChI=1S/C17H17F2NO3/c1-11(21)13-3-2-4-16(7-13)23-10-17(22)20-9-12-5-14(18)8-15(19)6-12/h2-8,11,21H,9-10H2,1H3,(H,20,22). The normalized spacial score (nSPS) is 11.8. The molecular weight excluding hydrogens is 304 g/mol. The van der Waals surface area contributed by atoms with Crippen LogP contribution < -0.4 is 10.1 Å². The molecule has 2 N–H and O–H groups in total. The summed E-state index contributed by atoms with van der Waals surface area (Å²) in [5.74, 6) is -1.35. The summed E-state index contributed by atoms with van der Waals surface area (Å²) >= 11 is 0. The fraction of sp³-hybridized carbons (Fsp3) is 0.235. The first-order valence-corrected chi connectivity index (χ1v) is 7.06. The maximum atomic E-state index is 13.0. The average molecular weight is 321 g/mol. The number of ether oxygens (including phenoxy) is 1. The Balaban J connectivity index is 1.84. The van der Waals surface area contributed by atoms with Crippen LogP contribution in [0.5, 0.6) is 5.75 Å². The zero-order valence-electron chi connectivity index (χ0n) is 12.6. The van der Waals surface area contributed by atoms with Gasteiger partial charge in [-0.05, 0) is 42.3 Å². The number of aliphatic hydroxyl groups excluding tert-OH is 1. The van der Waals surface area contributed by atoms with E-state index in [0.717, 1.165) is 18.2 Å². The fourth-order valence-corrected chi connectivity index (χ4v) is 1.98. The lowest BCUT2D eigenvalue weighted by molar-refractivity contribution is -0.123. The third-order valence-corrected chi connectivity index (χ3v) is 3.12. The highest BCUT2D eigenvalue weighted by Crippen LogP contribution is 2.18. The van der Waals surface area contributed by atoms with Crippen molar-refractivity contribution in [3.63, 3.8) is 0 Å². The van der Waals surface area contributed by atoms with Gasteiger partial charge in [-0.3, -0.25) is 4.79 Å². The molecule has 2 aromatic rings. The van der Waals surface area contributed by atoms with E-state index in [1.54, 1.807) is 31.2 Å². The Labute approximate surface area is 132 Å². The molecule has 0 aliphatic rings. The fourth-order valence-electron chi connectivity index (χ4n) is 1.98. The highest BCUT2D eigenvalue weighted by Gasteiger charge is 2.07. The van der Waals surface area contributed by atoms with E-state index in [1.165, 1.54) is 0 Å². The molecule has 0 heterocycles. The average Bonchev–Trinajstić information content (AvgIpc) is 2.50. The lowest BCUT2D eigenvalue weighted by Crippen LogP contribution is -2.28. The molecule has 0 saturated heterocycles. The molecule has 1 unspecified atom stereocenters. The minimum atomic E-state index is -0.694. The molecule has 0 aromatic heterocycles. The predicted molar refractivity (Wildman–Crippen MR) is 80.8 cm³/mol. The Morgan fingerprint density at radius 2 is 1.91 bits per heavy atom. The van der Waals surface area contributed by atoms with Crippen LogP contribution >= 0.6 is 0 Å². The van der Waals surface area contributed by atoms with Crippen LogP contribution in [-0.2, 0) is 11.3 Å². The lowest BCUT2D eigenvalue weighted by atomic mass is 10.1. The SMILES string of the molecule is CC(O)c1cccc(OCC(=O)NCc2cc(F)cc(F)c2)c1. The first-order valence-electron chi connectivity index (χ1n) is 7.06. The third-order valence-electron chi connectivity index (χ3n) is 3.12. The molecule has 6 heteroatoms. The Bertz CT molecular complexity index is 669. The number of carbonyl (C=O) groups is 1. The zero-order valence-corrected chi connectivity index (χ0v) is 12.6. The molecule has 0 spiro atoms. The van der Waals surface area contributed by atoms with Gasteiger partial charge in [0, 0.05) is 12.6 Å². The van der Waals surface area contributed by atoms with Gasteiger partial charge >= 0.3 is 0 Å². The molecule has 0 saturated carbocycles. The second-order valence-corrected chi connectivity index (χ2v) is 5.09. The minimum Gasteiger partial charge on any atom is -0.484 e. The number of halogens is 2. The van der Waals surface area contributed by atoms with Crippen LogP contribution in [-0.4, -0.2) is 17.6 Å². The van der Waals surface area contributed by atoms with Crippen LogP contribution in [0.4, 0.5) is 8.78 Å². The summed E-state index contributed by atoms with van der Waals surface area (Å²) in [6.45, 7) is 1.40. The molecule has 2 aromatic carbocycles.